The fraction of sp³-hybridized carbons (Fsp3) is 0.231. The van der Waals surface area contributed by atoms with E-state index in [-0.39, 0.29) is 11.7 Å². The van der Waals surface area contributed by atoms with Crippen molar-refractivity contribution in [2.45, 2.75) is 35.3 Å². The number of carbonyl (C=O) groups excluding carboxylic acids is 1. The lowest BCUT2D eigenvalue weighted by Crippen LogP contribution is -2.14. The number of hydrogen-bond acceptors (Lipinski definition) is 8. The highest BCUT2D eigenvalue weighted by molar-refractivity contribution is 8.00. The predicted molar refractivity (Wildman–Crippen MR) is 147 cm³/mol. The molecular formula is C26H23N5O2S3. The molecule has 0 bridgehead atoms. The van der Waals surface area contributed by atoms with Gasteiger partial charge in [0.15, 0.2) is 16.0 Å². The van der Waals surface area contributed by atoms with Crippen LogP contribution in [-0.2, 0) is 23.4 Å². The van der Waals surface area contributed by atoms with Crippen LogP contribution in [0, 0.1) is 0 Å². The van der Waals surface area contributed by atoms with Crippen LogP contribution in [0.3, 0.4) is 0 Å². The SMILES string of the molecule is COc1ccc(NC(=O)CSc2nnc3c4c5c(sc4nc(SCc4ccccc4)n23)CCC5)cc1. The molecule has 0 fully saturated rings. The van der Waals surface area contributed by atoms with Crippen molar-refractivity contribution in [1.82, 2.24) is 19.6 Å². The van der Waals surface area contributed by atoms with Crippen molar-refractivity contribution in [2.24, 2.45) is 0 Å². The van der Waals surface area contributed by atoms with E-state index in [0.29, 0.717) is 5.16 Å². The van der Waals surface area contributed by atoms with E-state index in [0.717, 1.165) is 51.1 Å². The van der Waals surface area contributed by atoms with Crippen molar-refractivity contribution in [3.05, 3.63) is 70.6 Å². The minimum absolute atomic E-state index is 0.106. The first kappa shape index (κ1) is 23.3. The summed E-state index contributed by atoms with van der Waals surface area (Å²) < 4.78 is 7.22. The molecule has 0 spiro atoms. The summed E-state index contributed by atoms with van der Waals surface area (Å²) in [5.41, 5.74) is 4.16. The highest BCUT2D eigenvalue weighted by Crippen LogP contribution is 2.40. The van der Waals surface area contributed by atoms with Gasteiger partial charge < -0.3 is 10.1 Å². The summed E-state index contributed by atoms with van der Waals surface area (Å²) in [6, 6.07) is 17.6. The highest BCUT2D eigenvalue weighted by atomic mass is 32.2. The van der Waals surface area contributed by atoms with Gasteiger partial charge in [-0.05, 0) is 54.7 Å². The van der Waals surface area contributed by atoms with Crippen molar-refractivity contribution in [1.29, 1.82) is 0 Å². The molecule has 7 nitrogen and oxygen atoms in total. The molecule has 0 unspecified atom stereocenters. The van der Waals surface area contributed by atoms with Crippen LogP contribution in [0.2, 0.25) is 0 Å². The zero-order valence-corrected chi connectivity index (χ0v) is 22.0. The molecule has 0 atom stereocenters. The van der Waals surface area contributed by atoms with Gasteiger partial charge in [0.05, 0.1) is 18.2 Å². The molecule has 0 saturated heterocycles. The lowest BCUT2D eigenvalue weighted by molar-refractivity contribution is -0.113. The van der Waals surface area contributed by atoms with Gasteiger partial charge in [0.2, 0.25) is 5.91 Å². The van der Waals surface area contributed by atoms with E-state index in [1.807, 2.05) is 46.9 Å². The normalized spacial score (nSPS) is 12.8. The number of ether oxygens (including phenoxy) is 1. The first-order valence-electron chi connectivity index (χ1n) is 11.6. The number of anilines is 1. The summed E-state index contributed by atoms with van der Waals surface area (Å²) >= 11 is 4.83. The van der Waals surface area contributed by atoms with Crippen molar-refractivity contribution >= 4 is 62.3 Å². The summed E-state index contributed by atoms with van der Waals surface area (Å²) in [4.78, 5) is 20.2. The number of aromatic nitrogens is 4. The highest BCUT2D eigenvalue weighted by Gasteiger charge is 2.25. The standard InChI is InChI=1S/C26H23N5O2S3/c1-33-18-12-10-17(11-13-18)27-21(32)15-35-26-30-29-23-22-19-8-5-9-20(19)36-24(22)28-25(31(23)26)34-14-16-6-3-2-4-7-16/h2-4,6-7,10-13H,5,8-9,14-15H2,1H3,(H,27,32). The molecule has 1 aliphatic carbocycles. The summed E-state index contributed by atoms with van der Waals surface area (Å²) in [6.07, 6.45) is 3.34. The van der Waals surface area contributed by atoms with Crippen LogP contribution in [0.15, 0.2) is 64.9 Å². The number of thioether (sulfide) groups is 2. The Morgan fingerprint density at radius 2 is 1.89 bits per heavy atom. The van der Waals surface area contributed by atoms with Crippen LogP contribution in [0.5, 0.6) is 5.75 Å². The average Bonchev–Trinajstić information content (AvgIpc) is 3.62. The minimum Gasteiger partial charge on any atom is -0.497 e. The van der Waals surface area contributed by atoms with Crippen LogP contribution >= 0.6 is 34.9 Å². The van der Waals surface area contributed by atoms with E-state index in [4.69, 9.17) is 9.72 Å². The van der Waals surface area contributed by atoms with Gasteiger partial charge in [-0.2, -0.15) is 0 Å². The fourth-order valence-electron chi connectivity index (χ4n) is 4.35. The molecule has 3 heterocycles. The van der Waals surface area contributed by atoms with Crippen molar-refractivity contribution in [3.8, 4) is 5.75 Å². The van der Waals surface area contributed by atoms with Gasteiger partial charge in [0.25, 0.3) is 0 Å². The molecule has 1 aliphatic rings. The molecule has 0 radical (unpaired) electrons. The van der Waals surface area contributed by atoms with Gasteiger partial charge in [-0.25, -0.2) is 9.38 Å². The van der Waals surface area contributed by atoms with Gasteiger partial charge in [0, 0.05) is 16.3 Å². The number of rotatable bonds is 8. The van der Waals surface area contributed by atoms with E-state index in [2.05, 4.69) is 27.6 Å². The maximum Gasteiger partial charge on any atom is 0.234 e. The molecule has 0 aliphatic heterocycles. The molecule has 10 heteroatoms. The first-order valence-corrected chi connectivity index (χ1v) is 14.4. The average molecular weight is 534 g/mol. The van der Waals surface area contributed by atoms with Crippen molar-refractivity contribution in [3.63, 3.8) is 0 Å². The van der Waals surface area contributed by atoms with Gasteiger partial charge in [-0.3, -0.25) is 4.79 Å². The third kappa shape index (κ3) is 4.56. The number of nitrogens with zero attached hydrogens (tertiary/aromatic N) is 4. The molecule has 0 saturated carbocycles. The summed E-state index contributed by atoms with van der Waals surface area (Å²) in [5, 5.41) is 14.7. The number of carbonyl (C=O) groups is 1. The Bertz CT molecular complexity index is 1550. The third-order valence-electron chi connectivity index (χ3n) is 6.07. The van der Waals surface area contributed by atoms with Crippen LogP contribution in [0.4, 0.5) is 5.69 Å². The Kier molecular flexibility index (Phi) is 6.56. The number of nitrogens with one attached hydrogen (secondary N) is 1. The number of aryl methyl sites for hydroxylation is 2. The molecule has 1 N–H and O–H groups in total. The van der Waals surface area contributed by atoms with E-state index < -0.39 is 0 Å². The first-order chi connectivity index (χ1) is 17.7. The third-order valence-corrected chi connectivity index (χ3v) is 9.19. The Morgan fingerprint density at radius 3 is 2.69 bits per heavy atom. The second-order valence-corrected chi connectivity index (χ2v) is 11.4. The number of amides is 1. The molecule has 36 heavy (non-hydrogen) atoms. The zero-order chi connectivity index (χ0) is 24.5. The Morgan fingerprint density at radius 1 is 1.06 bits per heavy atom. The van der Waals surface area contributed by atoms with E-state index in [9.17, 15) is 4.79 Å². The predicted octanol–water partition coefficient (Wildman–Crippen LogP) is 5.86. The van der Waals surface area contributed by atoms with Gasteiger partial charge in [-0.1, -0.05) is 53.9 Å². The Labute approximate surface area is 220 Å². The minimum atomic E-state index is -0.106. The summed E-state index contributed by atoms with van der Waals surface area (Å²) in [7, 11) is 1.62. The van der Waals surface area contributed by atoms with Crippen LogP contribution < -0.4 is 10.1 Å². The van der Waals surface area contributed by atoms with E-state index >= 15 is 0 Å². The van der Waals surface area contributed by atoms with Gasteiger partial charge in [0.1, 0.15) is 10.6 Å². The number of fused-ring (bicyclic) bond motifs is 5. The Balaban J connectivity index is 1.29. The smallest absolute Gasteiger partial charge is 0.234 e. The quantitative estimate of drug-likeness (QED) is 0.198. The summed E-state index contributed by atoms with van der Waals surface area (Å²) in [6.45, 7) is 0. The molecule has 182 valence electrons. The Hall–Kier alpha value is -3.08. The lowest BCUT2D eigenvalue weighted by Gasteiger charge is -2.09. The monoisotopic (exact) mass is 533 g/mol. The molecular weight excluding hydrogens is 511 g/mol. The largest absolute Gasteiger partial charge is 0.497 e. The number of hydrogen-bond donors (Lipinski definition) is 1. The molecule has 3 aromatic heterocycles. The number of methoxy groups -OCH3 is 1. The molecule has 2 aromatic carbocycles. The zero-order valence-electron chi connectivity index (χ0n) is 19.6. The van der Waals surface area contributed by atoms with Crippen molar-refractivity contribution < 1.29 is 9.53 Å². The number of benzene rings is 2. The maximum absolute atomic E-state index is 12.7. The maximum atomic E-state index is 12.7. The van der Waals surface area contributed by atoms with Crippen LogP contribution in [-0.4, -0.2) is 38.4 Å². The van der Waals surface area contributed by atoms with Crippen LogP contribution in [0.1, 0.15) is 22.4 Å². The van der Waals surface area contributed by atoms with Crippen molar-refractivity contribution in [2.75, 3.05) is 18.2 Å². The molecule has 1 amide bonds. The second-order valence-electron chi connectivity index (χ2n) is 8.41. The van der Waals surface area contributed by atoms with E-state index in [1.165, 1.54) is 34.2 Å². The molecule has 6 rings (SSSR count). The second kappa shape index (κ2) is 10.1. The van der Waals surface area contributed by atoms with Gasteiger partial charge >= 0.3 is 0 Å². The summed E-state index contributed by atoms with van der Waals surface area (Å²) in [5.74, 6) is 1.65. The topological polar surface area (TPSA) is 81.4 Å². The fourth-order valence-corrected chi connectivity index (χ4v) is 7.40. The number of thiophene rings is 1. The van der Waals surface area contributed by atoms with Gasteiger partial charge in [-0.15, -0.1) is 21.5 Å². The van der Waals surface area contributed by atoms with E-state index in [1.54, 1.807) is 30.2 Å². The van der Waals surface area contributed by atoms with Crippen LogP contribution in [0.25, 0.3) is 15.9 Å². The lowest BCUT2D eigenvalue weighted by atomic mass is 10.2. The molecule has 5 aromatic rings.